The van der Waals surface area contributed by atoms with Crippen molar-refractivity contribution in [3.05, 3.63) is 47.4 Å². The second-order valence-electron chi connectivity index (χ2n) is 8.12. The van der Waals surface area contributed by atoms with Gasteiger partial charge >= 0.3 is 198 Å². The van der Waals surface area contributed by atoms with Gasteiger partial charge in [-0.2, -0.15) is 0 Å². The monoisotopic (exact) mass is 656 g/mol. The molecule has 33 heavy (non-hydrogen) atoms. The van der Waals surface area contributed by atoms with Gasteiger partial charge in [0.2, 0.25) is 0 Å². The molecule has 2 bridgehead atoms. The van der Waals surface area contributed by atoms with Crippen LogP contribution in [-0.4, -0.2) is 31.3 Å². The summed E-state index contributed by atoms with van der Waals surface area (Å²) in [7, 11) is 0. The number of rotatable bonds is 1. The van der Waals surface area contributed by atoms with Crippen LogP contribution in [0, 0.1) is 22.5 Å². The minimum absolute atomic E-state index is 0.112. The Hall–Kier alpha value is -2.26. The third-order valence-electron chi connectivity index (χ3n) is 5.81. The molecule has 1 unspecified atom stereocenters. The maximum absolute atomic E-state index is 13.6. The van der Waals surface area contributed by atoms with E-state index < -0.39 is 34.2 Å². The van der Waals surface area contributed by atoms with Crippen LogP contribution in [0.25, 0.3) is 10.9 Å². The first-order valence-corrected chi connectivity index (χ1v) is 15.4. The van der Waals surface area contributed by atoms with Gasteiger partial charge < -0.3 is 0 Å². The summed E-state index contributed by atoms with van der Waals surface area (Å²) in [6.07, 6.45) is -1.40. The number of fused-ring (bicyclic) bond motifs is 5. The average molecular weight is 656 g/mol. The van der Waals surface area contributed by atoms with Gasteiger partial charge in [0.25, 0.3) is 0 Å². The fraction of sp³-hybridized carbons (Fsp3) is 0.409. The third kappa shape index (κ3) is 4.45. The fourth-order valence-electron chi connectivity index (χ4n) is 4.02. The van der Waals surface area contributed by atoms with Gasteiger partial charge in [0.05, 0.1) is 0 Å². The molecule has 5 rings (SSSR count). The Kier molecular flexibility index (Phi) is 6.03. The molecule has 2 aliphatic rings. The van der Waals surface area contributed by atoms with Gasteiger partial charge in [-0.3, -0.25) is 0 Å². The number of aromatic nitrogens is 3. The molecule has 0 amide bonds. The SMILES string of the molecule is CC1CCOc2c(cccc2C(F)(F)F)CNc2nc1nc1cnc(N3CCC[At]3O)cc21. The van der Waals surface area contributed by atoms with E-state index in [0.717, 1.165) is 28.5 Å². The molecule has 1 atom stereocenters. The summed E-state index contributed by atoms with van der Waals surface area (Å²) in [6, 6.07) is 5.93. The molecule has 0 spiro atoms. The summed E-state index contributed by atoms with van der Waals surface area (Å²) in [5, 5.41) is 3.94. The van der Waals surface area contributed by atoms with Gasteiger partial charge in [-0.1, -0.05) is 0 Å². The zero-order valence-corrected chi connectivity index (χ0v) is 20.8. The fourth-order valence-corrected chi connectivity index (χ4v) is 8.57. The van der Waals surface area contributed by atoms with Gasteiger partial charge in [0, 0.05) is 0 Å². The Balaban J connectivity index is 1.59. The Morgan fingerprint density at radius 1 is 1.27 bits per heavy atom. The van der Waals surface area contributed by atoms with Crippen molar-refractivity contribution < 1.29 is 43.6 Å². The molecule has 1 saturated heterocycles. The number of nitrogens with one attached hydrogen (secondary N) is 1. The van der Waals surface area contributed by atoms with Crippen molar-refractivity contribution in [3.8, 4) is 5.75 Å². The summed E-state index contributed by atoms with van der Waals surface area (Å²) in [6.45, 7) is 2.94. The van der Waals surface area contributed by atoms with E-state index >= 15 is 0 Å². The van der Waals surface area contributed by atoms with Crippen LogP contribution in [0.3, 0.4) is 0 Å². The molecule has 2 N–H and O–H groups in total. The topological polar surface area (TPSA) is 83.4 Å². The van der Waals surface area contributed by atoms with Crippen molar-refractivity contribution in [2.24, 2.45) is 0 Å². The van der Waals surface area contributed by atoms with Crippen molar-refractivity contribution in [2.75, 3.05) is 21.3 Å². The number of pyridine rings is 1. The Labute approximate surface area is 197 Å². The first kappa shape index (κ1) is 22.5. The molecule has 1 fully saturated rings. The average Bonchev–Trinajstić information content (AvgIpc) is 3.21. The van der Waals surface area contributed by atoms with E-state index in [4.69, 9.17) is 9.72 Å². The molecule has 3 aromatic rings. The van der Waals surface area contributed by atoms with Crippen molar-refractivity contribution in [1.82, 2.24) is 15.0 Å². The normalized spacial score (nSPS) is 20.1. The van der Waals surface area contributed by atoms with Crippen LogP contribution in [0.5, 0.6) is 5.75 Å². The standard InChI is InChI=1S/C22H23AtF3N5O2/c1-13-6-9-33-19-14(4-2-5-16(19)22(24,25)26)11-28-21-15-10-18(31-8-3-7-23(31)32)27-12-17(15)29-20(13)30-21/h2,4-5,10,12-13,32H,3,6-9,11H2,1H3,(H,28,29,30). The van der Waals surface area contributed by atoms with E-state index in [1.54, 1.807) is 12.3 Å². The second-order valence-corrected chi connectivity index (χ2v) is 13.6. The number of hydrogen-bond donors (Lipinski definition) is 2. The molecule has 11 heteroatoms. The molecular formula is C22H23AtF3N5O2. The number of alkyl halides is 3. The Morgan fingerprint density at radius 2 is 2.12 bits per heavy atom. The van der Waals surface area contributed by atoms with Crippen LogP contribution in [0.2, 0.25) is 4.13 Å². The number of anilines is 2. The van der Waals surface area contributed by atoms with Crippen LogP contribution in [-0.2, 0) is 12.7 Å². The van der Waals surface area contributed by atoms with Gasteiger partial charge in [0.1, 0.15) is 0 Å². The van der Waals surface area contributed by atoms with Crippen molar-refractivity contribution in [2.45, 2.75) is 42.5 Å². The summed E-state index contributed by atoms with van der Waals surface area (Å²) >= 11 is -2.49. The zero-order chi connectivity index (χ0) is 23.2. The molecule has 4 heterocycles. The quantitative estimate of drug-likeness (QED) is 0.396. The van der Waals surface area contributed by atoms with Crippen LogP contribution < -0.4 is 12.9 Å². The van der Waals surface area contributed by atoms with Crippen molar-refractivity contribution in [3.63, 3.8) is 0 Å². The van der Waals surface area contributed by atoms with Crippen molar-refractivity contribution >= 4 is 22.5 Å². The first-order valence-electron chi connectivity index (χ1n) is 10.7. The molecule has 0 radical (unpaired) electrons. The minimum atomic E-state index is -4.51. The van der Waals surface area contributed by atoms with Crippen LogP contribution in [0.4, 0.5) is 24.8 Å². The summed E-state index contributed by atoms with van der Waals surface area (Å²) in [5.74, 6) is 1.56. The van der Waals surface area contributed by atoms with E-state index in [0.29, 0.717) is 35.0 Å². The number of benzene rings is 1. The third-order valence-corrected chi connectivity index (χ3v) is 11.3. The molecule has 7 nitrogen and oxygen atoms in total. The number of halogens is 3. The van der Waals surface area contributed by atoms with E-state index in [1.165, 1.54) is 6.07 Å². The Morgan fingerprint density at radius 3 is 2.88 bits per heavy atom. The predicted octanol–water partition coefficient (Wildman–Crippen LogP) is 4.61. The number of nitrogens with zero attached hydrogens (tertiary/aromatic N) is 4. The molecule has 1 aromatic carbocycles. The number of hydrogen-bond acceptors (Lipinski definition) is 7. The summed E-state index contributed by atoms with van der Waals surface area (Å²) in [4.78, 5) is 13.9. The van der Waals surface area contributed by atoms with E-state index in [2.05, 4.69) is 15.3 Å². The molecule has 176 valence electrons. The number of para-hydroxylation sites is 1. The predicted molar refractivity (Wildman–Crippen MR) is 114 cm³/mol. The van der Waals surface area contributed by atoms with Crippen LogP contribution in [0.1, 0.15) is 42.6 Å². The first-order chi connectivity index (χ1) is 15.8. The molecular weight excluding hydrogens is 633 g/mol. The number of ether oxygens (including phenoxy) is 1. The maximum atomic E-state index is 13.6. The van der Waals surface area contributed by atoms with Gasteiger partial charge in [-0.25, -0.2) is 0 Å². The molecule has 0 aliphatic carbocycles. The zero-order valence-electron chi connectivity index (χ0n) is 17.9. The van der Waals surface area contributed by atoms with Gasteiger partial charge in [-0.15, -0.1) is 0 Å². The molecule has 2 aliphatic heterocycles. The van der Waals surface area contributed by atoms with Crippen LogP contribution >= 0.6 is 0 Å². The van der Waals surface area contributed by atoms with E-state index in [1.807, 2.05) is 15.8 Å². The van der Waals surface area contributed by atoms with Gasteiger partial charge in [0.15, 0.2) is 0 Å². The Bertz CT molecular complexity index is 1190. The summed E-state index contributed by atoms with van der Waals surface area (Å²) < 4.78 is 59.8. The van der Waals surface area contributed by atoms with Crippen LogP contribution in [0.15, 0.2) is 30.5 Å². The van der Waals surface area contributed by atoms with E-state index in [-0.39, 0.29) is 24.8 Å². The summed E-state index contributed by atoms with van der Waals surface area (Å²) in [5.41, 5.74) is 0.285. The van der Waals surface area contributed by atoms with Crippen molar-refractivity contribution in [1.29, 1.82) is 0 Å². The molecule has 2 aromatic heterocycles. The molecule has 0 saturated carbocycles. The van der Waals surface area contributed by atoms with E-state index in [9.17, 15) is 16.4 Å². The second kappa shape index (κ2) is 8.83. The van der Waals surface area contributed by atoms with Gasteiger partial charge in [-0.05, 0) is 0 Å².